The Hall–Kier alpha value is -2.24. The summed E-state index contributed by atoms with van der Waals surface area (Å²) in [5.41, 5.74) is 9.30. The van der Waals surface area contributed by atoms with E-state index in [0.29, 0.717) is 29.2 Å². The lowest BCUT2D eigenvalue weighted by Gasteiger charge is -2.22. The Morgan fingerprint density at radius 1 is 1.55 bits per heavy atom. The molecule has 0 aliphatic carbocycles. The van der Waals surface area contributed by atoms with Crippen LogP contribution >= 0.6 is 11.6 Å². The molecule has 1 atom stereocenters. The van der Waals surface area contributed by atoms with Gasteiger partial charge in [0.25, 0.3) is 5.91 Å². The Labute approximate surface area is 133 Å². The summed E-state index contributed by atoms with van der Waals surface area (Å²) >= 11 is 6.02. The van der Waals surface area contributed by atoms with E-state index in [-0.39, 0.29) is 24.3 Å². The van der Waals surface area contributed by atoms with Crippen molar-refractivity contribution in [3.8, 4) is 0 Å². The summed E-state index contributed by atoms with van der Waals surface area (Å²) < 4.78 is 0. The van der Waals surface area contributed by atoms with Crippen LogP contribution in [0.25, 0.3) is 10.4 Å². The summed E-state index contributed by atoms with van der Waals surface area (Å²) in [7, 11) is 3.30. The largest absolute Gasteiger partial charge is 0.345 e. The Balaban J connectivity index is 2.35. The van der Waals surface area contributed by atoms with Gasteiger partial charge in [-0.1, -0.05) is 16.7 Å². The number of hydrogen-bond acceptors (Lipinski definition) is 3. The lowest BCUT2D eigenvalue weighted by Crippen LogP contribution is -2.29. The van der Waals surface area contributed by atoms with Crippen LogP contribution in [0.3, 0.4) is 0 Å². The highest BCUT2D eigenvalue weighted by atomic mass is 35.5. The van der Waals surface area contributed by atoms with Crippen LogP contribution < -0.4 is 4.90 Å². The molecule has 2 rings (SSSR count). The van der Waals surface area contributed by atoms with E-state index >= 15 is 0 Å². The highest BCUT2D eigenvalue weighted by Crippen LogP contribution is 2.31. The maximum absolute atomic E-state index is 12.3. The second kappa shape index (κ2) is 6.68. The molecule has 0 aromatic heterocycles. The molecule has 1 heterocycles. The SMILES string of the molecule is CN(C)C(=O)c1ccc(Cl)cc1N1CC(CN=[N+]=[N-])CC1=O. The highest BCUT2D eigenvalue weighted by molar-refractivity contribution is 6.31. The second-order valence-corrected chi connectivity index (χ2v) is 5.79. The average molecular weight is 322 g/mol. The maximum atomic E-state index is 12.3. The molecule has 0 radical (unpaired) electrons. The van der Waals surface area contributed by atoms with E-state index in [0.717, 1.165) is 0 Å². The first kappa shape index (κ1) is 16.1. The highest BCUT2D eigenvalue weighted by Gasteiger charge is 2.32. The zero-order valence-corrected chi connectivity index (χ0v) is 13.1. The van der Waals surface area contributed by atoms with E-state index in [1.807, 2.05) is 0 Å². The van der Waals surface area contributed by atoms with Crippen molar-refractivity contribution in [1.82, 2.24) is 4.90 Å². The van der Waals surface area contributed by atoms with Gasteiger partial charge in [-0.2, -0.15) is 0 Å². The molecule has 0 spiro atoms. The molecule has 2 amide bonds. The van der Waals surface area contributed by atoms with Gasteiger partial charge >= 0.3 is 0 Å². The topological polar surface area (TPSA) is 89.4 Å². The van der Waals surface area contributed by atoms with Crippen molar-refractivity contribution in [3.05, 3.63) is 39.2 Å². The van der Waals surface area contributed by atoms with Crippen molar-refractivity contribution in [3.63, 3.8) is 0 Å². The van der Waals surface area contributed by atoms with Crippen LogP contribution in [0.4, 0.5) is 5.69 Å². The van der Waals surface area contributed by atoms with E-state index < -0.39 is 0 Å². The molecule has 1 aromatic carbocycles. The van der Waals surface area contributed by atoms with Crippen LogP contribution in [0.15, 0.2) is 23.3 Å². The monoisotopic (exact) mass is 321 g/mol. The molecular weight excluding hydrogens is 306 g/mol. The Morgan fingerprint density at radius 3 is 2.91 bits per heavy atom. The maximum Gasteiger partial charge on any atom is 0.255 e. The van der Waals surface area contributed by atoms with Crippen LogP contribution in [0.2, 0.25) is 5.02 Å². The van der Waals surface area contributed by atoms with Gasteiger partial charge in [0.2, 0.25) is 5.91 Å². The predicted molar refractivity (Wildman–Crippen MR) is 83.9 cm³/mol. The van der Waals surface area contributed by atoms with Gasteiger partial charge in [0.1, 0.15) is 0 Å². The summed E-state index contributed by atoms with van der Waals surface area (Å²) in [5, 5.41) is 3.98. The Bertz CT molecular complexity index is 655. The van der Waals surface area contributed by atoms with Crippen molar-refractivity contribution in [1.29, 1.82) is 0 Å². The first-order valence-electron chi connectivity index (χ1n) is 6.76. The van der Waals surface area contributed by atoms with Crippen molar-refractivity contribution < 1.29 is 9.59 Å². The molecule has 0 N–H and O–H groups in total. The molecule has 1 aliphatic heterocycles. The summed E-state index contributed by atoms with van der Waals surface area (Å²) in [6.07, 6.45) is 0.293. The molecular formula is C14H16ClN5O2. The number of nitrogens with zero attached hydrogens (tertiary/aromatic N) is 5. The zero-order valence-electron chi connectivity index (χ0n) is 12.4. The minimum atomic E-state index is -0.196. The Kier molecular flexibility index (Phi) is 4.90. The van der Waals surface area contributed by atoms with E-state index in [4.69, 9.17) is 17.1 Å². The second-order valence-electron chi connectivity index (χ2n) is 5.35. The predicted octanol–water partition coefficient (Wildman–Crippen LogP) is 2.71. The fourth-order valence-electron chi connectivity index (χ4n) is 2.44. The van der Waals surface area contributed by atoms with Gasteiger partial charge in [-0.15, -0.1) is 0 Å². The smallest absolute Gasteiger partial charge is 0.255 e. The van der Waals surface area contributed by atoms with Gasteiger partial charge < -0.3 is 9.80 Å². The first-order chi connectivity index (χ1) is 10.4. The third-order valence-electron chi connectivity index (χ3n) is 3.50. The normalized spacial score (nSPS) is 17.3. The van der Waals surface area contributed by atoms with Crippen molar-refractivity contribution in [2.45, 2.75) is 6.42 Å². The third-order valence-corrected chi connectivity index (χ3v) is 3.73. The van der Waals surface area contributed by atoms with Crippen LogP contribution in [0.5, 0.6) is 0 Å². The number of rotatable bonds is 4. The fraction of sp³-hybridized carbons (Fsp3) is 0.429. The van der Waals surface area contributed by atoms with Gasteiger partial charge in [-0.25, -0.2) is 0 Å². The van der Waals surface area contributed by atoms with E-state index in [1.54, 1.807) is 37.2 Å². The molecule has 22 heavy (non-hydrogen) atoms. The van der Waals surface area contributed by atoms with Crippen molar-refractivity contribution in [2.75, 3.05) is 32.1 Å². The number of carbonyl (C=O) groups excluding carboxylic acids is 2. The van der Waals surface area contributed by atoms with Gasteiger partial charge in [-0.05, 0) is 29.6 Å². The van der Waals surface area contributed by atoms with E-state index in [9.17, 15) is 9.59 Å². The number of azide groups is 1. The third kappa shape index (κ3) is 3.32. The molecule has 1 saturated heterocycles. The van der Waals surface area contributed by atoms with Gasteiger partial charge in [0, 0.05) is 43.5 Å². The molecule has 7 nitrogen and oxygen atoms in total. The quantitative estimate of drug-likeness (QED) is 0.484. The minimum Gasteiger partial charge on any atom is -0.345 e. The molecule has 1 fully saturated rings. The number of benzene rings is 1. The number of hydrogen-bond donors (Lipinski definition) is 0. The van der Waals surface area contributed by atoms with Gasteiger partial charge in [0.05, 0.1) is 11.3 Å². The zero-order chi connectivity index (χ0) is 16.3. The van der Waals surface area contributed by atoms with Crippen LogP contribution in [0.1, 0.15) is 16.8 Å². The standard InChI is InChI=1S/C14H16ClN5O2/c1-19(2)14(22)11-4-3-10(15)6-12(11)20-8-9(5-13(20)21)7-17-18-16/h3-4,6,9H,5,7-8H2,1-2H3. The summed E-state index contributed by atoms with van der Waals surface area (Å²) in [6.45, 7) is 0.669. The summed E-state index contributed by atoms with van der Waals surface area (Å²) in [6, 6.07) is 4.86. The number of carbonyl (C=O) groups is 2. The first-order valence-corrected chi connectivity index (χ1v) is 7.14. The van der Waals surface area contributed by atoms with E-state index in [1.165, 1.54) is 4.90 Å². The molecule has 0 bridgehead atoms. The van der Waals surface area contributed by atoms with Crippen LogP contribution in [0, 0.1) is 5.92 Å². The fourth-order valence-corrected chi connectivity index (χ4v) is 2.60. The lowest BCUT2D eigenvalue weighted by atomic mass is 10.1. The van der Waals surface area contributed by atoms with E-state index in [2.05, 4.69) is 10.0 Å². The summed E-state index contributed by atoms with van der Waals surface area (Å²) in [4.78, 5) is 30.2. The molecule has 0 saturated carbocycles. The number of amides is 2. The van der Waals surface area contributed by atoms with Crippen molar-refractivity contribution >= 4 is 29.1 Å². The summed E-state index contributed by atoms with van der Waals surface area (Å²) in [5.74, 6) is -0.351. The molecule has 116 valence electrons. The molecule has 1 unspecified atom stereocenters. The van der Waals surface area contributed by atoms with Crippen molar-refractivity contribution in [2.24, 2.45) is 11.0 Å². The Morgan fingerprint density at radius 2 is 2.27 bits per heavy atom. The molecule has 1 aromatic rings. The molecule has 1 aliphatic rings. The average Bonchev–Trinajstić information content (AvgIpc) is 2.85. The number of halogens is 1. The lowest BCUT2D eigenvalue weighted by molar-refractivity contribution is -0.117. The van der Waals surface area contributed by atoms with Crippen LogP contribution in [-0.4, -0.2) is 43.9 Å². The van der Waals surface area contributed by atoms with Gasteiger partial charge in [-0.3, -0.25) is 9.59 Å². The molecule has 8 heteroatoms. The number of anilines is 1. The van der Waals surface area contributed by atoms with Gasteiger partial charge in [0.15, 0.2) is 0 Å². The van der Waals surface area contributed by atoms with Crippen LogP contribution in [-0.2, 0) is 4.79 Å². The minimum absolute atomic E-state index is 0.0512.